The third kappa shape index (κ3) is 4.38. The summed E-state index contributed by atoms with van der Waals surface area (Å²) in [7, 11) is 0. The highest BCUT2D eigenvalue weighted by molar-refractivity contribution is 7.99. The number of aromatic nitrogens is 2. The van der Waals surface area contributed by atoms with Crippen LogP contribution in [-0.4, -0.2) is 21.6 Å². The van der Waals surface area contributed by atoms with Crippen LogP contribution < -0.4 is 15.6 Å². The number of nitrogens with zero attached hydrogens (tertiary/aromatic N) is 1. The molecule has 1 atom stereocenters. The van der Waals surface area contributed by atoms with E-state index in [1.807, 2.05) is 19.1 Å². The monoisotopic (exact) mass is 425 g/mol. The Bertz CT molecular complexity index is 1130. The molecule has 154 valence electrons. The molecular weight excluding hydrogens is 405 g/mol. The molecule has 3 aromatic rings. The lowest BCUT2D eigenvalue weighted by molar-refractivity contribution is -0.116. The minimum absolute atomic E-state index is 0.168. The van der Waals surface area contributed by atoms with Crippen LogP contribution in [0.2, 0.25) is 0 Å². The molecule has 6 nitrogen and oxygen atoms in total. The normalized spacial score (nSPS) is 15.4. The molecule has 0 saturated carbocycles. The zero-order valence-corrected chi connectivity index (χ0v) is 17.1. The minimum atomic E-state index is -0.386. The smallest absolute Gasteiger partial charge is 0.257 e. The topological polar surface area (TPSA) is 84.1 Å². The zero-order valence-electron chi connectivity index (χ0n) is 16.3. The van der Waals surface area contributed by atoms with Crippen LogP contribution in [-0.2, 0) is 11.4 Å². The summed E-state index contributed by atoms with van der Waals surface area (Å²) in [4.78, 5) is 32.1. The van der Waals surface area contributed by atoms with E-state index in [4.69, 9.17) is 4.74 Å². The van der Waals surface area contributed by atoms with Gasteiger partial charge in [0.1, 0.15) is 24.0 Å². The number of halogens is 1. The first-order chi connectivity index (χ1) is 14.5. The van der Waals surface area contributed by atoms with Crippen LogP contribution in [0.3, 0.4) is 0 Å². The van der Waals surface area contributed by atoms with Gasteiger partial charge in [-0.05, 0) is 41.1 Å². The van der Waals surface area contributed by atoms with E-state index in [1.54, 1.807) is 24.3 Å². The summed E-state index contributed by atoms with van der Waals surface area (Å²) in [5, 5.41) is 3.20. The molecule has 30 heavy (non-hydrogen) atoms. The molecule has 0 spiro atoms. The summed E-state index contributed by atoms with van der Waals surface area (Å²) in [5.41, 5.74) is 1.78. The number of aromatic amines is 1. The number of fused-ring (bicyclic) bond motifs is 1. The van der Waals surface area contributed by atoms with Crippen molar-refractivity contribution in [1.29, 1.82) is 0 Å². The van der Waals surface area contributed by atoms with Gasteiger partial charge in [0.2, 0.25) is 5.91 Å². The maximum Gasteiger partial charge on any atom is 0.257 e. The maximum atomic E-state index is 13.3. The van der Waals surface area contributed by atoms with E-state index in [0.29, 0.717) is 22.3 Å². The van der Waals surface area contributed by atoms with Crippen molar-refractivity contribution in [3.05, 3.63) is 81.4 Å². The van der Waals surface area contributed by atoms with E-state index >= 15 is 0 Å². The number of hydrogen-bond acceptors (Lipinski definition) is 5. The second-order valence-electron chi connectivity index (χ2n) is 6.86. The molecule has 2 heterocycles. The van der Waals surface area contributed by atoms with E-state index in [2.05, 4.69) is 15.3 Å². The van der Waals surface area contributed by atoms with Crippen molar-refractivity contribution in [1.82, 2.24) is 9.97 Å². The van der Waals surface area contributed by atoms with E-state index in [9.17, 15) is 14.0 Å². The summed E-state index contributed by atoms with van der Waals surface area (Å²) in [6.45, 7) is 2.21. The number of amides is 1. The summed E-state index contributed by atoms with van der Waals surface area (Å²) < 4.78 is 19.0. The van der Waals surface area contributed by atoms with Crippen LogP contribution in [0, 0.1) is 5.82 Å². The fourth-order valence-electron chi connectivity index (χ4n) is 3.43. The van der Waals surface area contributed by atoms with Crippen molar-refractivity contribution in [3.63, 3.8) is 0 Å². The molecule has 1 aromatic heterocycles. The van der Waals surface area contributed by atoms with Crippen LogP contribution in [0.5, 0.6) is 5.75 Å². The molecule has 1 aliphatic heterocycles. The first kappa shape index (κ1) is 20.2. The van der Waals surface area contributed by atoms with Crippen molar-refractivity contribution in [2.75, 3.05) is 11.1 Å². The van der Waals surface area contributed by atoms with Crippen molar-refractivity contribution < 1.29 is 13.9 Å². The van der Waals surface area contributed by atoms with Gasteiger partial charge in [-0.25, -0.2) is 9.37 Å². The lowest BCUT2D eigenvalue weighted by atomic mass is 9.87. The van der Waals surface area contributed by atoms with Crippen molar-refractivity contribution in [3.8, 4) is 5.75 Å². The summed E-state index contributed by atoms with van der Waals surface area (Å²) in [6.07, 6.45) is 0.168. The van der Waals surface area contributed by atoms with E-state index in [0.717, 1.165) is 16.9 Å². The number of carbonyl (C=O) groups is 1. The first-order valence-corrected chi connectivity index (χ1v) is 10.6. The molecule has 2 N–H and O–H groups in total. The first-order valence-electron chi connectivity index (χ1n) is 9.57. The second kappa shape index (κ2) is 8.71. The van der Waals surface area contributed by atoms with Crippen LogP contribution in [0.4, 0.5) is 10.2 Å². The van der Waals surface area contributed by atoms with Gasteiger partial charge in [0.05, 0.1) is 5.56 Å². The van der Waals surface area contributed by atoms with Gasteiger partial charge in [-0.15, -0.1) is 0 Å². The maximum absolute atomic E-state index is 13.3. The summed E-state index contributed by atoms with van der Waals surface area (Å²) in [5.74, 6) is 0.830. The fraction of sp³-hybridized carbons (Fsp3) is 0.227. The lowest BCUT2D eigenvalue weighted by Crippen LogP contribution is -2.31. The van der Waals surface area contributed by atoms with Gasteiger partial charge in [0.25, 0.3) is 5.56 Å². The molecule has 1 unspecified atom stereocenters. The van der Waals surface area contributed by atoms with Gasteiger partial charge in [-0.2, -0.15) is 0 Å². The third-order valence-corrected chi connectivity index (χ3v) is 5.54. The van der Waals surface area contributed by atoms with Crippen LogP contribution in [0.25, 0.3) is 0 Å². The van der Waals surface area contributed by atoms with Gasteiger partial charge in [-0.3, -0.25) is 9.59 Å². The number of thioether (sulfide) groups is 1. The zero-order chi connectivity index (χ0) is 21.1. The van der Waals surface area contributed by atoms with E-state index in [1.165, 1.54) is 23.9 Å². The van der Waals surface area contributed by atoms with Crippen LogP contribution in [0.15, 0.2) is 58.5 Å². The van der Waals surface area contributed by atoms with Crippen molar-refractivity contribution in [2.24, 2.45) is 0 Å². The Hall–Kier alpha value is -3.13. The molecule has 0 bridgehead atoms. The average Bonchev–Trinajstić information content (AvgIpc) is 2.72. The molecule has 1 amide bonds. The Morgan fingerprint density at radius 3 is 2.73 bits per heavy atom. The largest absolute Gasteiger partial charge is 0.489 e. The standard InChI is InChI=1S/C22H20FN3O3S/c1-2-30-22-25-20-19(21(28)26-22)17(11-18(27)24-20)14-6-8-16(9-7-14)29-12-13-4-3-5-15(23)10-13/h3-10,17H,2,11-12H2,1H3,(H2,24,25,26,27,28). The SMILES string of the molecule is CCSc1nc2c(c(=O)[nH]1)C(c1ccc(OCc3cccc(F)c3)cc1)CC(=O)N2. The predicted molar refractivity (Wildman–Crippen MR) is 114 cm³/mol. The van der Waals surface area contributed by atoms with Gasteiger partial charge in [-0.1, -0.05) is 43.0 Å². The molecule has 0 radical (unpaired) electrons. The number of anilines is 1. The van der Waals surface area contributed by atoms with Crippen molar-refractivity contribution >= 4 is 23.5 Å². The number of carbonyl (C=O) groups excluding carboxylic acids is 1. The van der Waals surface area contributed by atoms with Gasteiger partial charge >= 0.3 is 0 Å². The van der Waals surface area contributed by atoms with E-state index in [-0.39, 0.29) is 36.2 Å². The van der Waals surface area contributed by atoms with Gasteiger partial charge < -0.3 is 15.0 Å². The molecule has 0 aliphatic carbocycles. The van der Waals surface area contributed by atoms with Gasteiger partial charge in [0.15, 0.2) is 5.16 Å². The molecule has 2 aromatic carbocycles. The molecular formula is C22H20FN3O3S. The summed E-state index contributed by atoms with van der Waals surface area (Å²) in [6, 6.07) is 13.5. The predicted octanol–water partition coefficient (Wildman–Crippen LogP) is 4.07. The Kier molecular flexibility index (Phi) is 5.85. The number of ether oxygens (including phenoxy) is 1. The number of H-pyrrole nitrogens is 1. The minimum Gasteiger partial charge on any atom is -0.489 e. The molecule has 0 fully saturated rings. The summed E-state index contributed by atoms with van der Waals surface area (Å²) >= 11 is 1.41. The number of nitrogens with one attached hydrogen (secondary N) is 2. The van der Waals surface area contributed by atoms with Crippen molar-refractivity contribution in [2.45, 2.75) is 31.0 Å². The fourth-order valence-corrected chi connectivity index (χ4v) is 4.02. The van der Waals surface area contributed by atoms with Crippen LogP contribution >= 0.6 is 11.8 Å². The Labute approximate surface area is 176 Å². The number of benzene rings is 2. The quantitative estimate of drug-likeness (QED) is 0.459. The highest BCUT2D eigenvalue weighted by Gasteiger charge is 2.30. The lowest BCUT2D eigenvalue weighted by Gasteiger charge is -2.24. The second-order valence-corrected chi connectivity index (χ2v) is 8.11. The molecule has 1 aliphatic rings. The van der Waals surface area contributed by atoms with Crippen LogP contribution in [0.1, 0.15) is 36.0 Å². The number of hydrogen-bond donors (Lipinski definition) is 2. The van der Waals surface area contributed by atoms with Gasteiger partial charge in [0, 0.05) is 12.3 Å². The Morgan fingerprint density at radius 1 is 1.20 bits per heavy atom. The average molecular weight is 425 g/mol. The molecule has 4 rings (SSSR count). The number of rotatable bonds is 6. The molecule has 0 saturated heterocycles. The Morgan fingerprint density at radius 2 is 2.00 bits per heavy atom. The molecule has 8 heteroatoms. The highest BCUT2D eigenvalue weighted by atomic mass is 32.2. The highest BCUT2D eigenvalue weighted by Crippen LogP contribution is 2.35. The van der Waals surface area contributed by atoms with E-state index < -0.39 is 0 Å². The Balaban J connectivity index is 1.56. The third-order valence-electron chi connectivity index (χ3n) is 4.79.